The monoisotopic (exact) mass is 193 g/mol. The molecule has 1 N–H and O–H groups in total. The highest BCUT2D eigenvalue weighted by Gasteiger charge is 2.22. The third-order valence-corrected chi connectivity index (χ3v) is 1.88. The molecule has 0 saturated heterocycles. The van der Waals surface area contributed by atoms with Crippen LogP contribution < -0.4 is 10.2 Å². The first-order chi connectivity index (χ1) is 5.43. The first kappa shape index (κ1) is 11.0. The molecule has 0 spiro atoms. The molecular weight excluding hydrogens is 187 g/mol. The molecule has 0 fully saturated rings. The lowest BCUT2D eigenvalue weighted by molar-refractivity contribution is -0.319. The zero-order valence-corrected chi connectivity index (χ0v) is 6.82. The zero-order chi connectivity index (χ0) is 9.72. The second-order valence-electron chi connectivity index (χ2n) is 2.13. The lowest BCUT2D eigenvalue weighted by atomic mass is 10.1. The third kappa shape index (κ3) is 4.76. The van der Waals surface area contributed by atoms with E-state index in [4.69, 9.17) is 4.89 Å². The smallest absolute Gasteiger partial charge is 0.506 e. The standard InChI is InChI=1S/C5H7O6P/c6-4(7)1-3(5(8)9)2-12(10)11/h3H,1-2H2,(H2-,6,7,8,9,10,11)/p-1/t3-/m0/s1. The van der Waals surface area contributed by atoms with Crippen molar-refractivity contribution in [2.24, 2.45) is 5.92 Å². The Balaban J connectivity index is 4.14. The first-order valence-electron chi connectivity index (χ1n) is 2.97. The number of carboxylic acids is 2. The lowest BCUT2D eigenvalue weighted by Crippen LogP contribution is -2.37. The first-order valence-corrected chi connectivity index (χ1v) is 4.37. The molecule has 0 aromatic heterocycles. The summed E-state index contributed by atoms with van der Waals surface area (Å²) in [5.41, 5.74) is 0. The second kappa shape index (κ2) is 4.79. The molecule has 0 rings (SSSR count). The molecule has 0 heterocycles. The van der Waals surface area contributed by atoms with Gasteiger partial charge in [-0.05, 0) is 11.0 Å². The van der Waals surface area contributed by atoms with Gasteiger partial charge in [0.05, 0.1) is 5.92 Å². The zero-order valence-electron chi connectivity index (χ0n) is 5.93. The highest BCUT2D eigenvalue weighted by Crippen LogP contribution is 2.19. The van der Waals surface area contributed by atoms with Crippen molar-refractivity contribution in [2.45, 2.75) is 6.42 Å². The van der Waals surface area contributed by atoms with E-state index in [1.54, 1.807) is 0 Å². The molecule has 1 unspecified atom stereocenters. The second-order valence-corrected chi connectivity index (χ2v) is 3.20. The van der Waals surface area contributed by atoms with Crippen molar-refractivity contribution in [1.82, 2.24) is 0 Å². The van der Waals surface area contributed by atoms with Gasteiger partial charge in [-0.1, -0.05) is 0 Å². The van der Waals surface area contributed by atoms with Crippen molar-refractivity contribution >= 4 is 20.0 Å². The molecule has 0 radical (unpaired) electrons. The summed E-state index contributed by atoms with van der Waals surface area (Å²) in [6.45, 7) is 0. The Morgan fingerprint density at radius 2 is 1.92 bits per heavy atom. The maximum Gasteiger partial charge on any atom is 0.506 e. The minimum Gasteiger partial charge on any atom is -0.550 e. The summed E-state index contributed by atoms with van der Waals surface area (Å²) in [5.74, 6) is -4.69. The Bertz CT molecular complexity index is 196. The Labute approximate surface area is 68.7 Å². The molecule has 0 aromatic carbocycles. The number of aliphatic carboxylic acids is 2. The number of hydrogen-bond donors (Lipinski definition) is 1. The average molecular weight is 193 g/mol. The number of carbonyl (C=O) groups is 2. The van der Waals surface area contributed by atoms with Gasteiger partial charge < -0.3 is 19.8 Å². The van der Waals surface area contributed by atoms with Gasteiger partial charge in [-0.25, -0.2) is 0 Å². The quantitative estimate of drug-likeness (QED) is 0.472. The maximum absolute atomic E-state index is 10.1. The van der Waals surface area contributed by atoms with E-state index in [9.17, 15) is 24.4 Å². The Morgan fingerprint density at radius 1 is 1.42 bits per heavy atom. The Morgan fingerprint density at radius 3 is 2.17 bits per heavy atom. The summed E-state index contributed by atoms with van der Waals surface area (Å²) in [4.78, 5) is 28.3. The van der Waals surface area contributed by atoms with Crippen LogP contribution in [0.2, 0.25) is 0 Å². The van der Waals surface area contributed by atoms with Crippen molar-refractivity contribution in [3.63, 3.8) is 0 Å². The largest absolute Gasteiger partial charge is 0.550 e. The van der Waals surface area contributed by atoms with E-state index in [1.165, 1.54) is 0 Å². The molecule has 68 valence electrons. The summed E-state index contributed by atoms with van der Waals surface area (Å²) < 4.78 is 10.1. The summed E-state index contributed by atoms with van der Waals surface area (Å²) in [5, 5.41) is 20.0. The van der Waals surface area contributed by atoms with Gasteiger partial charge >= 0.3 is 8.03 Å². The van der Waals surface area contributed by atoms with E-state index in [0.717, 1.165) is 0 Å². The van der Waals surface area contributed by atoms with Crippen LogP contribution in [0.15, 0.2) is 0 Å². The number of carboxylic acid groups (broad SMARTS) is 2. The highest BCUT2D eigenvalue weighted by atomic mass is 31.1. The van der Waals surface area contributed by atoms with Gasteiger partial charge in [-0.15, -0.1) is 0 Å². The van der Waals surface area contributed by atoms with Gasteiger partial charge in [0.1, 0.15) is 0 Å². The van der Waals surface area contributed by atoms with Gasteiger partial charge in [0.25, 0.3) is 0 Å². The van der Waals surface area contributed by atoms with Crippen LogP contribution in [0.3, 0.4) is 0 Å². The SMILES string of the molecule is O=C([O-])C[C@@H](C[P+](=O)O)C(=O)[O-]. The molecule has 0 aliphatic carbocycles. The number of rotatable bonds is 5. The normalized spacial score (nSPS) is 13.6. The van der Waals surface area contributed by atoms with Crippen molar-refractivity contribution in [2.75, 3.05) is 6.16 Å². The molecule has 12 heavy (non-hydrogen) atoms. The van der Waals surface area contributed by atoms with Gasteiger partial charge in [0.2, 0.25) is 0 Å². The van der Waals surface area contributed by atoms with E-state index in [1.807, 2.05) is 0 Å². The highest BCUT2D eigenvalue weighted by molar-refractivity contribution is 7.38. The van der Waals surface area contributed by atoms with E-state index in [2.05, 4.69) is 0 Å². The van der Waals surface area contributed by atoms with Gasteiger partial charge in [-0.3, -0.25) is 0 Å². The summed E-state index contributed by atoms with van der Waals surface area (Å²) in [6.07, 6.45) is -1.42. The van der Waals surface area contributed by atoms with Gasteiger partial charge in [0.15, 0.2) is 6.16 Å². The number of carbonyl (C=O) groups excluding carboxylic acids is 2. The van der Waals surface area contributed by atoms with Crippen molar-refractivity contribution in [3.05, 3.63) is 0 Å². The van der Waals surface area contributed by atoms with E-state index in [-0.39, 0.29) is 0 Å². The summed E-state index contributed by atoms with van der Waals surface area (Å²) in [7, 11) is -2.66. The van der Waals surface area contributed by atoms with Crippen LogP contribution in [-0.2, 0) is 14.2 Å². The molecular formula is C5H6O6P-. The third-order valence-electron chi connectivity index (χ3n) is 1.12. The van der Waals surface area contributed by atoms with Gasteiger partial charge in [0, 0.05) is 11.9 Å². The fraction of sp³-hybridized carbons (Fsp3) is 0.600. The van der Waals surface area contributed by atoms with Crippen LogP contribution in [0.25, 0.3) is 0 Å². The molecule has 6 nitrogen and oxygen atoms in total. The lowest BCUT2D eigenvalue weighted by Gasteiger charge is -2.12. The minimum absolute atomic E-state index is 0.619. The van der Waals surface area contributed by atoms with Crippen LogP contribution in [-0.4, -0.2) is 23.0 Å². The molecule has 0 aliphatic rings. The van der Waals surface area contributed by atoms with Crippen LogP contribution in [0.5, 0.6) is 0 Å². The average Bonchev–Trinajstić information content (AvgIpc) is 1.83. The molecule has 0 amide bonds. The molecule has 0 aromatic rings. The maximum atomic E-state index is 10.1. The van der Waals surface area contributed by atoms with Crippen molar-refractivity contribution in [1.29, 1.82) is 0 Å². The summed E-state index contributed by atoms with van der Waals surface area (Å²) >= 11 is 0. The van der Waals surface area contributed by atoms with E-state index in [0.29, 0.717) is 0 Å². The minimum atomic E-state index is -2.66. The molecule has 0 aliphatic heterocycles. The molecule has 2 atom stereocenters. The topological polar surface area (TPSA) is 118 Å². The fourth-order valence-corrected chi connectivity index (χ4v) is 1.27. The molecule has 0 bridgehead atoms. The van der Waals surface area contributed by atoms with Gasteiger partial charge in [-0.2, -0.15) is 4.89 Å². The fourth-order valence-electron chi connectivity index (χ4n) is 0.612. The molecule has 0 saturated carbocycles. The van der Waals surface area contributed by atoms with Crippen LogP contribution in [0, 0.1) is 5.92 Å². The predicted molar refractivity (Wildman–Crippen MR) is 32.8 cm³/mol. The Kier molecular flexibility index (Phi) is 4.39. The Hall–Kier alpha value is -1.00. The van der Waals surface area contributed by atoms with Crippen LogP contribution in [0.4, 0.5) is 0 Å². The number of hydrogen-bond acceptors (Lipinski definition) is 5. The predicted octanol–water partition coefficient (Wildman–Crippen LogP) is -2.77. The van der Waals surface area contributed by atoms with Crippen molar-refractivity contribution in [3.8, 4) is 0 Å². The summed E-state index contributed by atoms with van der Waals surface area (Å²) in [6, 6.07) is 0. The molecule has 7 heteroatoms. The van der Waals surface area contributed by atoms with Crippen LogP contribution in [0.1, 0.15) is 6.42 Å². The van der Waals surface area contributed by atoms with E-state index >= 15 is 0 Å². The van der Waals surface area contributed by atoms with Crippen LogP contribution >= 0.6 is 8.03 Å². The van der Waals surface area contributed by atoms with Crippen molar-refractivity contribution < 1.29 is 29.3 Å². The van der Waals surface area contributed by atoms with E-state index < -0.39 is 38.5 Å².